The standard InChI is InChI=1S/C14H23N3O/c1-3-7-11-10-13(16-15-11)14(18)17-9-6-5-8-12(17)4-2/h10,12H,3-9H2,1-2H3,(H,15,16). The van der Waals surface area contributed by atoms with E-state index in [2.05, 4.69) is 24.0 Å². The molecule has 100 valence electrons. The molecule has 4 nitrogen and oxygen atoms in total. The Balaban J connectivity index is 2.08. The van der Waals surface area contributed by atoms with Crippen LogP contribution < -0.4 is 0 Å². The highest BCUT2D eigenvalue weighted by Crippen LogP contribution is 2.21. The highest BCUT2D eigenvalue weighted by atomic mass is 16.2. The lowest BCUT2D eigenvalue weighted by molar-refractivity contribution is 0.0602. The van der Waals surface area contributed by atoms with E-state index in [1.807, 2.05) is 11.0 Å². The Bertz CT molecular complexity index is 399. The molecule has 2 heterocycles. The van der Waals surface area contributed by atoms with Crippen molar-refractivity contribution in [1.82, 2.24) is 15.1 Å². The number of nitrogens with one attached hydrogen (secondary N) is 1. The maximum Gasteiger partial charge on any atom is 0.274 e. The molecule has 1 aromatic heterocycles. The minimum Gasteiger partial charge on any atom is -0.334 e. The van der Waals surface area contributed by atoms with Crippen LogP contribution in [-0.2, 0) is 6.42 Å². The summed E-state index contributed by atoms with van der Waals surface area (Å²) in [5, 5.41) is 7.12. The number of aromatic nitrogens is 2. The first kappa shape index (κ1) is 13.1. The van der Waals surface area contributed by atoms with Crippen molar-refractivity contribution < 1.29 is 4.79 Å². The number of hydrogen-bond donors (Lipinski definition) is 1. The number of amides is 1. The predicted molar refractivity (Wildman–Crippen MR) is 71.5 cm³/mol. The second-order valence-corrected chi connectivity index (χ2v) is 5.08. The molecule has 1 fully saturated rings. The topological polar surface area (TPSA) is 49.0 Å². The lowest BCUT2D eigenvalue weighted by atomic mass is 9.99. The van der Waals surface area contributed by atoms with E-state index >= 15 is 0 Å². The van der Waals surface area contributed by atoms with Gasteiger partial charge >= 0.3 is 0 Å². The summed E-state index contributed by atoms with van der Waals surface area (Å²) in [6.45, 7) is 5.16. The highest BCUT2D eigenvalue weighted by molar-refractivity contribution is 5.92. The number of carbonyl (C=O) groups is 1. The molecule has 0 bridgehead atoms. The van der Waals surface area contributed by atoms with Crippen molar-refractivity contribution in [3.63, 3.8) is 0 Å². The number of H-pyrrole nitrogens is 1. The van der Waals surface area contributed by atoms with Crippen LogP contribution in [0.25, 0.3) is 0 Å². The van der Waals surface area contributed by atoms with E-state index in [1.54, 1.807) is 0 Å². The van der Waals surface area contributed by atoms with Gasteiger partial charge in [-0.05, 0) is 38.2 Å². The number of hydrogen-bond acceptors (Lipinski definition) is 2. The average molecular weight is 249 g/mol. The van der Waals surface area contributed by atoms with Crippen LogP contribution in [0.5, 0.6) is 0 Å². The fraction of sp³-hybridized carbons (Fsp3) is 0.714. The van der Waals surface area contributed by atoms with Gasteiger partial charge in [-0.25, -0.2) is 0 Å². The lowest BCUT2D eigenvalue weighted by Gasteiger charge is -2.34. The van der Waals surface area contributed by atoms with Gasteiger partial charge in [0.2, 0.25) is 0 Å². The van der Waals surface area contributed by atoms with Crippen molar-refractivity contribution in [2.75, 3.05) is 6.54 Å². The normalized spacial score (nSPS) is 20.1. The van der Waals surface area contributed by atoms with E-state index in [9.17, 15) is 4.79 Å². The first-order valence-electron chi connectivity index (χ1n) is 7.11. The molecule has 0 aliphatic carbocycles. The van der Waals surface area contributed by atoms with Gasteiger partial charge < -0.3 is 4.90 Å². The van der Waals surface area contributed by atoms with Crippen molar-refractivity contribution in [3.8, 4) is 0 Å². The van der Waals surface area contributed by atoms with Gasteiger partial charge in [0.1, 0.15) is 5.69 Å². The van der Waals surface area contributed by atoms with Gasteiger partial charge in [0.15, 0.2) is 0 Å². The third-order valence-electron chi connectivity index (χ3n) is 3.73. The summed E-state index contributed by atoms with van der Waals surface area (Å²) in [4.78, 5) is 14.4. The quantitative estimate of drug-likeness (QED) is 0.892. The Kier molecular flexibility index (Phi) is 4.39. The van der Waals surface area contributed by atoms with E-state index in [1.165, 1.54) is 6.42 Å². The van der Waals surface area contributed by atoms with Crippen molar-refractivity contribution in [2.45, 2.75) is 58.4 Å². The van der Waals surface area contributed by atoms with E-state index in [0.717, 1.165) is 44.3 Å². The van der Waals surface area contributed by atoms with Crippen LogP contribution in [0.2, 0.25) is 0 Å². The van der Waals surface area contributed by atoms with Crippen LogP contribution in [0.4, 0.5) is 0 Å². The minimum atomic E-state index is 0.0974. The monoisotopic (exact) mass is 249 g/mol. The van der Waals surface area contributed by atoms with Gasteiger partial charge in [-0.15, -0.1) is 0 Å². The number of rotatable bonds is 4. The molecular weight excluding hydrogens is 226 g/mol. The number of aromatic amines is 1. The third kappa shape index (κ3) is 2.74. The van der Waals surface area contributed by atoms with E-state index in [4.69, 9.17) is 0 Å². The van der Waals surface area contributed by atoms with Crippen LogP contribution >= 0.6 is 0 Å². The molecule has 1 saturated heterocycles. The summed E-state index contributed by atoms with van der Waals surface area (Å²) in [5.74, 6) is 0.0974. The number of nitrogens with zero attached hydrogens (tertiary/aromatic N) is 2. The summed E-state index contributed by atoms with van der Waals surface area (Å²) in [7, 11) is 0. The molecule has 1 aliphatic heterocycles. The zero-order chi connectivity index (χ0) is 13.0. The average Bonchev–Trinajstić information content (AvgIpc) is 2.87. The largest absolute Gasteiger partial charge is 0.334 e. The Morgan fingerprint density at radius 1 is 1.50 bits per heavy atom. The Morgan fingerprint density at radius 2 is 2.33 bits per heavy atom. The van der Waals surface area contributed by atoms with Crippen molar-refractivity contribution in [3.05, 3.63) is 17.5 Å². The molecule has 1 aliphatic rings. The predicted octanol–water partition coefficient (Wildman–Crippen LogP) is 2.77. The molecule has 0 spiro atoms. The summed E-state index contributed by atoms with van der Waals surface area (Å²) in [6, 6.07) is 2.31. The number of piperidine rings is 1. The molecule has 1 amide bonds. The van der Waals surface area contributed by atoms with Gasteiger partial charge in [0, 0.05) is 18.3 Å². The smallest absolute Gasteiger partial charge is 0.274 e. The van der Waals surface area contributed by atoms with Crippen LogP contribution in [0.3, 0.4) is 0 Å². The zero-order valence-electron chi connectivity index (χ0n) is 11.4. The molecule has 18 heavy (non-hydrogen) atoms. The van der Waals surface area contributed by atoms with Crippen LogP contribution in [-0.4, -0.2) is 33.6 Å². The Hall–Kier alpha value is -1.32. The van der Waals surface area contributed by atoms with Gasteiger partial charge in [-0.1, -0.05) is 20.3 Å². The molecule has 1 atom stereocenters. The highest BCUT2D eigenvalue weighted by Gasteiger charge is 2.27. The van der Waals surface area contributed by atoms with Crippen molar-refractivity contribution >= 4 is 5.91 Å². The molecule has 1 aromatic rings. The SMILES string of the molecule is CCCc1cc(C(=O)N2CCCCC2CC)n[nH]1. The Labute approximate surface area is 109 Å². The molecule has 2 rings (SSSR count). The first-order valence-corrected chi connectivity index (χ1v) is 7.11. The van der Waals surface area contributed by atoms with Crippen LogP contribution in [0, 0.1) is 0 Å². The van der Waals surface area contributed by atoms with Gasteiger partial charge in [-0.3, -0.25) is 9.89 Å². The van der Waals surface area contributed by atoms with Crippen molar-refractivity contribution in [1.29, 1.82) is 0 Å². The van der Waals surface area contributed by atoms with E-state index < -0.39 is 0 Å². The molecular formula is C14H23N3O. The molecule has 1 unspecified atom stereocenters. The third-order valence-corrected chi connectivity index (χ3v) is 3.73. The molecule has 0 aromatic carbocycles. The van der Waals surface area contributed by atoms with E-state index in [0.29, 0.717) is 11.7 Å². The summed E-state index contributed by atoms with van der Waals surface area (Å²) < 4.78 is 0. The van der Waals surface area contributed by atoms with Gasteiger partial charge in [0.05, 0.1) is 0 Å². The second-order valence-electron chi connectivity index (χ2n) is 5.08. The van der Waals surface area contributed by atoms with E-state index in [-0.39, 0.29) is 5.91 Å². The molecule has 1 N–H and O–H groups in total. The number of likely N-dealkylation sites (tertiary alicyclic amines) is 1. The fourth-order valence-corrected chi connectivity index (χ4v) is 2.71. The lowest BCUT2D eigenvalue weighted by Crippen LogP contribution is -2.43. The van der Waals surface area contributed by atoms with Gasteiger partial charge in [-0.2, -0.15) is 5.10 Å². The summed E-state index contributed by atoms with van der Waals surface area (Å²) in [6.07, 6.45) is 6.56. The summed E-state index contributed by atoms with van der Waals surface area (Å²) >= 11 is 0. The molecule has 0 saturated carbocycles. The number of aryl methyl sites for hydroxylation is 1. The van der Waals surface area contributed by atoms with Crippen LogP contribution in [0.1, 0.15) is 62.1 Å². The molecule has 0 radical (unpaired) electrons. The number of carbonyl (C=O) groups excluding carboxylic acids is 1. The maximum absolute atomic E-state index is 12.4. The first-order chi connectivity index (χ1) is 8.76. The summed E-state index contributed by atoms with van der Waals surface area (Å²) in [5.41, 5.74) is 1.64. The Morgan fingerprint density at radius 3 is 3.06 bits per heavy atom. The molecule has 4 heteroatoms. The zero-order valence-corrected chi connectivity index (χ0v) is 11.4. The van der Waals surface area contributed by atoms with Crippen molar-refractivity contribution in [2.24, 2.45) is 0 Å². The second kappa shape index (κ2) is 6.03. The minimum absolute atomic E-state index is 0.0974. The fourth-order valence-electron chi connectivity index (χ4n) is 2.71. The van der Waals surface area contributed by atoms with Gasteiger partial charge in [0.25, 0.3) is 5.91 Å². The van der Waals surface area contributed by atoms with Crippen LogP contribution in [0.15, 0.2) is 6.07 Å². The maximum atomic E-state index is 12.4.